The van der Waals surface area contributed by atoms with Crippen molar-refractivity contribution in [2.24, 2.45) is 17.6 Å². The Morgan fingerprint density at radius 2 is 2.19 bits per heavy atom. The molecule has 1 aliphatic carbocycles. The van der Waals surface area contributed by atoms with E-state index in [0.29, 0.717) is 19.0 Å². The second-order valence-corrected chi connectivity index (χ2v) is 5.21. The van der Waals surface area contributed by atoms with Crippen molar-refractivity contribution in [3.63, 3.8) is 0 Å². The molecule has 0 saturated heterocycles. The van der Waals surface area contributed by atoms with Crippen LogP contribution in [0, 0.1) is 11.8 Å². The molecule has 4 heteroatoms. The second kappa shape index (κ2) is 5.64. The Hall–Kier alpha value is -0.610. The minimum Gasteiger partial charge on any atom is -0.377 e. The van der Waals surface area contributed by atoms with Gasteiger partial charge in [0, 0.05) is 19.6 Å². The van der Waals surface area contributed by atoms with Crippen molar-refractivity contribution in [1.29, 1.82) is 0 Å². The van der Waals surface area contributed by atoms with Crippen LogP contribution in [0.1, 0.15) is 33.1 Å². The quantitative estimate of drug-likeness (QED) is 0.735. The summed E-state index contributed by atoms with van der Waals surface area (Å²) in [5.41, 5.74) is 5.37. The normalized spacial score (nSPS) is 25.8. The van der Waals surface area contributed by atoms with Crippen molar-refractivity contribution >= 4 is 5.91 Å². The van der Waals surface area contributed by atoms with E-state index in [2.05, 4.69) is 5.32 Å². The molecule has 1 aliphatic rings. The molecule has 0 heterocycles. The standard InChI is InChI=1S/C12H24N2O2/c1-12(2,16-3)8-14-11(15)10-6-4-5-9(10)7-13/h9-10H,4-8,13H2,1-3H3,(H,14,15). The minimum atomic E-state index is -0.299. The number of methoxy groups -OCH3 is 1. The summed E-state index contributed by atoms with van der Waals surface area (Å²) in [7, 11) is 1.66. The predicted molar refractivity (Wildman–Crippen MR) is 64.0 cm³/mol. The Balaban J connectivity index is 2.40. The van der Waals surface area contributed by atoms with Crippen LogP contribution in [-0.2, 0) is 9.53 Å². The largest absolute Gasteiger partial charge is 0.377 e. The lowest BCUT2D eigenvalue weighted by Gasteiger charge is -2.25. The molecule has 0 bridgehead atoms. The van der Waals surface area contributed by atoms with Gasteiger partial charge in [0.1, 0.15) is 0 Å². The molecule has 0 aliphatic heterocycles. The van der Waals surface area contributed by atoms with Crippen LogP contribution >= 0.6 is 0 Å². The molecule has 1 rings (SSSR count). The first-order valence-electron chi connectivity index (χ1n) is 6.03. The summed E-state index contributed by atoms with van der Waals surface area (Å²) in [5.74, 6) is 0.612. The van der Waals surface area contributed by atoms with Crippen LogP contribution in [-0.4, -0.2) is 31.7 Å². The van der Waals surface area contributed by atoms with E-state index in [9.17, 15) is 4.79 Å². The van der Waals surface area contributed by atoms with Gasteiger partial charge in [-0.2, -0.15) is 0 Å². The predicted octanol–water partition coefficient (Wildman–Crippen LogP) is 0.903. The number of amides is 1. The maximum absolute atomic E-state index is 12.0. The topological polar surface area (TPSA) is 64.3 Å². The maximum Gasteiger partial charge on any atom is 0.223 e. The highest BCUT2D eigenvalue weighted by atomic mass is 16.5. The van der Waals surface area contributed by atoms with Gasteiger partial charge in [0.2, 0.25) is 5.91 Å². The van der Waals surface area contributed by atoms with Crippen LogP contribution in [0.15, 0.2) is 0 Å². The zero-order valence-corrected chi connectivity index (χ0v) is 10.6. The van der Waals surface area contributed by atoms with Crippen LogP contribution < -0.4 is 11.1 Å². The van der Waals surface area contributed by atoms with Crippen molar-refractivity contribution in [2.75, 3.05) is 20.2 Å². The van der Waals surface area contributed by atoms with Crippen molar-refractivity contribution in [3.05, 3.63) is 0 Å². The Labute approximate surface area is 97.9 Å². The molecule has 1 saturated carbocycles. The van der Waals surface area contributed by atoms with Gasteiger partial charge in [-0.3, -0.25) is 4.79 Å². The molecule has 3 N–H and O–H groups in total. The molecule has 94 valence electrons. The lowest BCUT2D eigenvalue weighted by atomic mass is 9.95. The Morgan fingerprint density at radius 3 is 2.75 bits per heavy atom. The fourth-order valence-electron chi connectivity index (χ4n) is 2.17. The summed E-state index contributed by atoms with van der Waals surface area (Å²) >= 11 is 0. The Bertz CT molecular complexity index is 241. The average Bonchev–Trinajstić information content (AvgIpc) is 2.74. The third-order valence-corrected chi connectivity index (χ3v) is 3.54. The first kappa shape index (κ1) is 13.5. The molecule has 4 nitrogen and oxygen atoms in total. The lowest BCUT2D eigenvalue weighted by molar-refractivity contribution is -0.127. The zero-order valence-electron chi connectivity index (χ0n) is 10.6. The van der Waals surface area contributed by atoms with Gasteiger partial charge >= 0.3 is 0 Å². The van der Waals surface area contributed by atoms with Crippen LogP contribution in [0.3, 0.4) is 0 Å². The molecule has 16 heavy (non-hydrogen) atoms. The Kier molecular flexibility index (Phi) is 4.74. The molecule has 0 spiro atoms. The SMILES string of the molecule is COC(C)(C)CNC(=O)C1CCCC1CN. The van der Waals surface area contributed by atoms with Gasteiger partial charge in [-0.15, -0.1) is 0 Å². The number of hydrogen-bond acceptors (Lipinski definition) is 3. The summed E-state index contributed by atoms with van der Waals surface area (Å²) in [4.78, 5) is 12.0. The molecular weight excluding hydrogens is 204 g/mol. The third-order valence-electron chi connectivity index (χ3n) is 3.54. The van der Waals surface area contributed by atoms with Crippen molar-refractivity contribution in [3.8, 4) is 0 Å². The Morgan fingerprint density at radius 1 is 1.50 bits per heavy atom. The molecule has 2 atom stereocenters. The highest BCUT2D eigenvalue weighted by Crippen LogP contribution is 2.30. The molecule has 1 fully saturated rings. The fraction of sp³-hybridized carbons (Fsp3) is 0.917. The van der Waals surface area contributed by atoms with Crippen molar-refractivity contribution < 1.29 is 9.53 Å². The van der Waals surface area contributed by atoms with Gasteiger partial charge in [0.15, 0.2) is 0 Å². The number of hydrogen-bond donors (Lipinski definition) is 2. The second-order valence-electron chi connectivity index (χ2n) is 5.21. The number of nitrogens with two attached hydrogens (primary N) is 1. The van der Waals surface area contributed by atoms with Crippen LogP contribution in [0.5, 0.6) is 0 Å². The third kappa shape index (κ3) is 3.46. The van der Waals surface area contributed by atoms with Crippen LogP contribution in [0.2, 0.25) is 0 Å². The van der Waals surface area contributed by atoms with Crippen LogP contribution in [0.4, 0.5) is 0 Å². The molecule has 0 aromatic rings. The van der Waals surface area contributed by atoms with Gasteiger partial charge in [-0.1, -0.05) is 6.42 Å². The van der Waals surface area contributed by atoms with E-state index in [1.165, 1.54) is 0 Å². The molecule has 1 amide bonds. The summed E-state index contributed by atoms with van der Waals surface area (Å²) in [6.07, 6.45) is 3.18. The fourth-order valence-corrected chi connectivity index (χ4v) is 2.17. The lowest BCUT2D eigenvalue weighted by Crippen LogP contribution is -2.43. The van der Waals surface area contributed by atoms with Gasteiger partial charge in [0.25, 0.3) is 0 Å². The van der Waals surface area contributed by atoms with Gasteiger partial charge in [-0.05, 0) is 39.2 Å². The number of nitrogens with one attached hydrogen (secondary N) is 1. The maximum atomic E-state index is 12.0. The first-order valence-corrected chi connectivity index (χ1v) is 6.03. The van der Waals surface area contributed by atoms with E-state index in [1.54, 1.807) is 7.11 Å². The van der Waals surface area contributed by atoms with Gasteiger partial charge < -0.3 is 15.8 Å². The number of carbonyl (C=O) groups is 1. The van der Waals surface area contributed by atoms with Crippen molar-refractivity contribution in [2.45, 2.75) is 38.7 Å². The van der Waals surface area contributed by atoms with E-state index in [0.717, 1.165) is 19.3 Å². The summed E-state index contributed by atoms with van der Waals surface area (Å²) in [6.45, 7) is 5.09. The van der Waals surface area contributed by atoms with E-state index in [4.69, 9.17) is 10.5 Å². The van der Waals surface area contributed by atoms with Gasteiger partial charge in [0.05, 0.1) is 5.60 Å². The highest BCUT2D eigenvalue weighted by Gasteiger charge is 2.32. The smallest absolute Gasteiger partial charge is 0.223 e. The molecular formula is C12H24N2O2. The summed E-state index contributed by atoms with van der Waals surface area (Å²) < 4.78 is 5.26. The minimum absolute atomic E-state index is 0.109. The number of ether oxygens (including phenoxy) is 1. The molecule has 0 radical (unpaired) electrons. The summed E-state index contributed by atoms with van der Waals surface area (Å²) in [5, 5.41) is 2.96. The van der Waals surface area contributed by atoms with Crippen LogP contribution in [0.25, 0.3) is 0 Å². The number of rotatable bonds is 5. The summed E-state index contributed by atoms with van der Waals surface area (Å²) in [6, 6.07) is 0. The average molecular weight is 228 g/mol. The highest BCUT2D eigenvalue weighted by molar-refractivity contribution is 5.79. The monoisotopic (exact) mass is 228 g/mol. The zero-order chi connectivity index (χ0) is 12.2. The van der Waals surface area contributed by atoms with E-state index in [-0.39, 0.29) is 17.4 Å². The van der Waals surface area contributed by atoms with E-state index >= 15 is 0 Å². The molecule has 2 unspecified atom stereocenters. The van der Waals surface area contributed by atoms with Crippen molar-refractivity contribution in [1.82, 2.24) is 5.32 Å². The van der Waals surface area contributed by atoms with E-state index < -0.39 is 0 Å². The molecule has 0 aromatic carbocycles. The molecule has 0 aromatic heterocycles. The number of carbonyl (C=O) groups excluding carboxylic acids is 1. The van der Waals surface area contributed by atoms with Gasteiger partial charge in [-0.25, -0.2) is 0 Å². The van der Waals surface area contributed by atoms with E-state index in [1.807, 2.05) is 13.8 Å². The first-order chi connectivity index (χ1) is 7.50.